The van der Waals surface area contributed by atoms with E-state index < -0.39 is 17.5 Å². The number of alkyl halides is 1. The molecule has 112 valence electrons. The largest absolute Gasteiger partial charge is 0.204 e. The van der Waals surface area contributed by atoms with E-state index in [2.05, 4.69) is 29.8 Å². The van der Waals surface area contributed by atoms with Crippen LogP contribution in [0.15, 0.2) is 36.4 Å². The summed E-state index contributed by atoms with van der Waals surface area (Å²) in [7, 11) is 0. The summed E-state index contributed by atoms with van der Waals surface area (Å²) in [4.78, 5) is -0.379. The zero-order chi connectivity index (χ0) is 15.6. The van der Waals surface area contributed by atoms with Crippen LogP contribution in [0, 0.1) is 23.4 Å². The zero-order valence-corrected chi connectivity index (χ0v) is 13.4. The number of benzene rings is 2. The third-order valence-electron chi connectivity index (χ3n) is 3.22. The lowest BCUT2D eigenvalue weighted by Gasteiger charge is -2.13. The molecule has 0 aliphatic heterocycles. The molecule has 0 fully saturated rings. The van der Waals surface area contributed by atoms with E-state index in [1.54, 1.807) is 0 Å². The van der Waals surface area contributed by atoms with Crippen molar-refractivity contribution in [3.8, 4) is 0 Å². The second-order valence-corrected chi connectivity index (χ2v) is 6.42. The highest BCUT2D eigenvalue weighted by atomic mass is 79.9. The van der Waals surface area contributed by atoms with E-state index in [1.807, 2.05) is 24.3 Å². The molecule has 0 heterocycles. The SMILES string of the molecule is CC(C)Cc1ccc(C(Br)c2cc(F)c(F)c(F)c2)cc1. The molecule has 4 heteroatoms. The van der Waals surface area contributed by atoms with Gasteiger partial charge in [0.2, 0.25) is 0 Å². The summed E-state index contributed by atoms with van der Waals surface area (Å²) < 4.78 is 39.6. The average molecular weight is 357 g/mol. The van der Waals surface area contributed by atoms with Gasteiger partial charge in [-0.15, -0.1) is 0 Å². The maximum Gasteiger partial charge on any atom is 0.194 e. The van der Waals surface area contributed by atoms with Gasteiger partial charge in [-0.1, -0.05) is 54.0 Å². The Morgan fingerprint density at radius 3 is 1.90 bits per heavy atom. The van der Waals surface area contributed by atoms with Crippen LogP contribution in [0.2, 0.25) is 0 Å². The summed E-state index contributed by atoms with van der Waals surface area (Å²) in [5.41, 5.74) is 2.43. The van der Waals surface area contributed by atoms with Gasteiger partial charge in [-0.2, -0.15) is 0 Å². The Morgan fingerprint density at radius 1 is 0.905 bits per heavy atom. The number of rotatable bonds is 4. The average Bonchev–Trinajstić information content (AvgIpc) is 2.43. The molecular weight excluding hydrogens is 341 g/mol. The topological polar surface area (TPSA) is 0 Å². The number of hydrogen-bond donors (Lipinski definition) is 0. The second-order valence-electron chi connectivity index (χ2n) is 5.50. The van der Waals surface area contributed by atoms with E-state index in [9.17, 15) is 13.2 Å². The van der Waals surface area contributed by atoms with Gasteiger partial charge in [0.15, 0.2) is 17.5 Å². The van der Waals surface area contributed by atoms with E-state index in [0.717, 1.165) is 24.1 Å². The molecule has 0 aliphatic rings. The van der Waals surface area contributed by atoms with E-state index in [0.29, 0.717) is 11.5 Å². The van der Waals surface area contributed by atoms with Gasteiger partial charge in [0.05, 0.1) is 4.83 Å². The summed E-state index contributed by atoms with van der Waals surface area (Å²) >= 11 is 3.41. The molecule has 0 bridgehead atoms. The van der Waals surface area contributed by atoms with Crippen LogP contribution in [0.5, 0.6) is 0 Å². The summed E-state index contributed by atoms with van der Waals surface area (Å²) in [6.07, 6.45) is 0.979. The summed E-state index contributed by atoms with van der Waals surface area (Å²) in [5, 5.41) is 0. The van der Waals surface area contributed by atoms with Gasteiger partial charge in [-0.05, 0) is 41.2 Å². The molecule has 1 unspecified atom stereocenters. The van der Waals surface area contributed by atoms with E-state index in [1.165, 1.54) is 5.56 Å². The standard InChI is InChI=1S/C17H16BrF3/c1-10(2)7-11-3-5-12(6-4-11)16(18)13-8-14(19)17(21)15(20)9-13/h3-6,8-10,16H,7H2,1-2H3. The Hall–Kier alpha value is -1.29. The quantitative estimate of drug-likeness (QED) is 0.480. The molecule has 0 aliphatic carbocycles. The molecule has 0 aromatic heterocycles. The lowest BCUT2D eigenvalue weighted by molar-refractivity contribution is 0.445. The van der Waals surface area contributed by atoms with Crippen LogP contribution in [0.3, 0.4) is 0 Å². The third kappa shape index (κ3) is 3.88. The van der Waals surface area contributed by atoms with Gasteiger partial charge >= 0.3 is 0 Å². The molecule has 2 aromatic carbocycles. The summed E-state index contributed by atoms with van der Waals surface area (Å²) in [5.74, 6) is -3.22. The first-order valence-corrected chi connectivity index (χ1v) is 7.67. The minimum Gasteiger partial charge on any atom is -0.204 e. The van der Waals surface area contributed by atoms with Crippen LogP contribution < -0.4 is 0 Å². The van der Waals surface area contributed by atoms with Gasteiger partial charge in [0, 0.05) is 0 Å². The first-order valence-electron chi connectivity index (χ1n) is 6.76. The lowest BCUT2D eigenvalue weighted by atomic mass is 9.99. The Labute approximate surface area is 131 Å². The molecule has 0 radical (unpaired) electrons. The first-order chi connectivity index (χ1) is 9.88. The zero-order valence-electron chi connectivity index (χ0n) is 11.8. The van der Waals surface area contributed by atoms with E-state index in [-0.39, 0.29) is 4.83 Å². The molecule has 0 N–H and O–H groups in total. The van der Waals surface area contributed by atoms with E-state index in [4.69, 9.17) is 0 Å². The van der Waals surface area contributed by atoms with Crippen LogP contribution in [-0.2, 0) is 6.42 Å². The molecule has 0 saturated heterocycles. The molecule has 2 rings (SSSR count). The molecule has 0 amide bonds. The lowest BCUT2D eigenvalue weighted by Crippen LogP contribution is -1.99. The second kappa shape index (κ2) is 6.65. The van der Waals surface area contributed by atoms with E-state index >= 15 is 0 Å². The summed E-state index contributed by atoms with van der Waals surface area (Å²) in [6.45, 7) is 4.29. The van der Waals surface area contributed by atoms with Crippen molar-refractivity contribution < 1.29 is 13.2 Å². The van der Waals surface area contributed by atoms with Crippen molar-refractivity contribution >= 4 is 15.9 Å². The smallest absolute Gasteiger partial charge is 0.194 e. The Bertz CT molecular complexity index is 597. The molecular formula is C17H16BrF3. The fourth-order valence-corrected chi connectivity index (χ4v) is 2.78. The summed E-state index contributed by atoms with van der Waals surface area (Å²) in [6, 6.07) is 9.85. The van der Waals surface area contributed by atoms with Crippen molar-refractivity contribution in [3.63, 3.8) is 0 Å². The van der Waals surface area contributed by atoms with Crippen LogP contribution >= 0.6 is 15.9 Å². The monoisotopic (exact) mass is 356 g/mol. The predicted molar refractivity (Wildman–Crippen MR) is 82.1 cm³/mol. The Morgan fingerprint density at radius 2 is 1.43 bits per heavy atom. The van der Waals surface area contributed by atoms with Crippen LogP contribution in [0.4, 0.5) is 13.2 Å². The third-order valence-corrected chi connectivity index (χ3v) is 4.27. The maximum absolute atomic E-state index is 13.3. The molecule has 1 atom stereocenters. The van der Waals surface area contributed by atoms with Gasteiger partial charge in [0.25, 0.3) is 0 Å². The van der Waals surface area contributed by atoms with Gasteiger partial charge in [0.1, 0.15) is 0 Å². The van der Waals surface area contributed by atoms with Crippen LogP contribution in [0.1, 0.15) is 35.4 Å². The van der Waals surface area contributed by atoms with Crippen LogP contribution in [-0.4, -0.2) is 0 Å². The van der Waals surface area contributed by atoms with Gasteiger partial charge in [-0.25, -0.2) is 13.2 Å². The Balaban J connectivity index is 2.25. The molecule has 0 nitrogen and oxygen atoms in total. The van der Waals surface area contributed by atoms with Gasteiger partial charge in [-0.3, -0.25) is 0 Å². The molecule has 21 heavy (non-hydrogen) atoms. The highest BCUT2D eigenvalue weighted by Crippen LogP contribution is 2.32. The first kappa shape index (κ1) is 16.1. The van der Waals surface area contributed by atoms with Crippen molar-refractivity contribution in [2.75, 3.05) is 0 Å². The molecule has 2 aromatic rings. The van der Waals surface area contributed by atoms with Crippen molar-refractivity contribution in [1.29, 1.82) is 0 Å². The highest BCUT2D eigenvalue weighted by Gasteiger charge is 2.16. The molecule has 0 saturated carbocycles. The predicted octanol–water partition coefficient (Wildman–Crippen LogP) is 5.79. The van der Waals surface area contributed by atoms with Crippen LogP contribution in [0.25, 0.3) is 0 Å². The van der Waals surface area contributed by atoms with Crippen molar-refractivity contribution in [2.45, 2.75) is 25.1 Å². The number of hydrogen-bond acceptors (Lipinski definition) is 0. The number of halogens is 4. The van der Waals surface area contributed by atoms with Crippen molar-refractivity contribution in [3.05, 3.63) is 70.5 Å². The highest BCUT2D eigenvalue weighted by molar-refractivity contribution is 9.09. The maximum atomic E-state index is 13.3. The van der Waals surface area contributed by atoms with Gasteiger partial charge < -0.3 is 0 Å². The Kier molecular flexibility index (Phi) is 5.09. The normalized spacial score (nSPS) is 12.7. The minimum atomic E-state index is -1.44. The van der Waals surface area contributed by atoms with Crippen molar-refractivity contribution in [1.82, 2.24) is 0 Å². The fourth-order valence-electron chi connectivity index (χ4n) is 2.21. The molecule has 0 spiro atoms. The minimum absolute atomic E-state index is 0.350. The fraction of sp³-hybridized carbons (Fsp3) is 0.294. The van der Waals surface area contributed by atoms with Crippen molar-refractivity contribution in [2.24, 2.45) is 5.92 Å².